The number of methoxy groups -OCH3 is 1. The van der Waals surface area contributed by atoms with Crippen LogP contribution in [-0.4, -0.2) is 26.1 Å². The molecule has 0 atom stereocenters. The van der Waals surface area contributed by atoms with Crippen molar-refractivity contribution in [2.75, 3.05) is 26.1 Å². The Hall–Kier alpha value is -2.37. The number of benzene rings is 4. The van der Waals surface area contributed by atoms with Gasteiger partial charge < -0.3 is 4.74 Å². The number of rotatable bonds is 3. The standard InChI is InChI=1S/C24H22OP/c1-25-21-13-11-17-7-3-5-9-19(17)23(21)24-20-10-6-4-8-18(20)12-14-22(24)26(2)15-16-26/h3-14H,15-16H2,1-2H3/q+1. The van der Waals surface area contributed by atoms with Gasteiger partial charge in [-0.3, -0.25) is 0 Å². The van der Waals surface area contributed by atoms with Crippen molar-refractivity contribution >= 4 is 34.1 Å². The van der Waals surface area contributed by atoms with Crippen LogP contribution < -0.4 is 10.0 Å². The first kappa shape index (κ1) is 15.9. The molecule has 1 nitrogen and oxygen atoms in total. The summed E-state index contributed by atoms with van der Waals surface area (Å²) in [6.45, 7) is 2.50. The summed E-state index contributed by atoms with van der Waals surface area (Å²) >= 11 is 0. The third-order valence-corrected chi connectivity index (χ3v) is 9.07. The Balaban J connectivity index is 1.98. The second-order valence-electron chi connectivity index (χ2n) is 7.39. The lowest BCUT2D eigenvalue weighted by atomic mass is 9.93. The summed E-state index contributed by atoms with van der Waals surface area (Å²) in [4.78, 5) is 0. The first-order chi connectivity index (χ1) is 12.7. The minimum atomic E-state index is -0.989. The van der Waals surface area contributed by atoms with Crippen LogP contribution in [0, 0.1) is 0 Å². The van der Waals surface area contributed by atoms with Crippen LogP contribution in [0.4, 0.5) is 0 Å². The molecule has 0 aliphatic carbocycles. The highest BCUT2D eigenvalue weighted by molar-refractivity contribution is 7.89. The molecule has 0 unspecified atom stereocenters. The summed E-state index contributed by atoms with van der Waals surface area (Å²) in [6, 6.07) is 26.4. The molecule has 0 amide bonds. The van der Waals surface area contributed by atoms with Gasteiger partial charge in [0.2, 0.25) is 0 Å². The average Bonchev–Trinajstić information content (AvgIpc) is 3.44. The Morgan fingerprint density at radius 3 is 1.88 bits per heavy atom. The van der Waals surface area contributed by atoms with Gasteiger partial charge in [-0.1, -0.05) is 60.7 Å². The van der Waals surface area contributed by atoms with Crippen molar-refractivity contribution in [1.82, 2.24) is 0 Å². The van der Waals surface area contributed by atoms with E-state index >= 15 is 0 Å². The highest BCUT2D eigenvalue weighted by Crippen LogP contribution is 2.69. The molecule has 1 fully saturated rings. The maximum atomic E-state index is 5.86. The molecule has 0 saturated carbocycles. The van der Waals surface area contributed by atoms with Crippen molar-refractivity contribution in [3.05, 3.63) is 72.8 Å². The lowest BCUT2D eigenvalue weighted by molar-refractivity contribution is 0.417. The Labute approximate surface area is 155 Å². The summed E-state index contributed by atoms with van der Waals surface area (Å²) in [5, 5.41) is 6.74. The maximum absolute atomic E-state index is 5.86. The molecule has 0 spiro atoms. The monoisotopic (exact) mass is 357 g/mol. The Kier molecular flexibility index (Phi) is 3.55. The topological polar surface area (TPSA) is 9.23 Å². The Morgan fingerprint density at radius 2 is 1.27 bits per heavy atom. The van der Waals surface area contributed by atoms with Crippen molar-refractivity contribution in [1.29, 1.82) is 0 Å². The van der Waals surface area contributed by atoms with Crippen LogP contribution in [0.15, 0.2) is 72.8 Å². The number of ether oxygens (including phenoxy) is 1. The molecule has 4 aromatic rings. The van der Waals surface area contributed by atoms with Gasteiger partial charge in [-0.25, -0.2) is 0 Å². The fourth-order valence-electron chi connectivity index (χ4n) is 4.04. The molecule has 1 heterocycles. The quantitative estimate of drug-likeness (QED) is 0.411. The summed E-state index contributed by atoms with van der Waals surface area (Å²) in [6.07, 6.45) is 2.73. The van der Waals surface area contributed by atoms with Crippen molar-refractivity contribution < 1.29 is 4.74 Å². The number of hydrogen-bond donors (Lipinski definition) is 0. The van der Waals surface area contributed by atoms with Gasteiger partial charge in [-0.2, -0.15) is 0 Å². The molecule has 1 aliphatic heterocycles. The second-order valence-corrected chi connectivity index (χ2v) is 11.6. The molecule has 0 bridgehead atoms. The van der Waals surface area contributed by atoms with E-state index in [1.54, 1.807) is 12.4 Å². The maximum Gasteiger partial charge on any atom is 0.127 e. The molecule has 0 aromatic heterocycles. The first-order valence-electron chi connectivity index (χ1n) is 9.14. The summed E-state index contributed by atoms with van der Waals surface area (Å²) < 4.78 is 5.86. The van der Waals surface area contributed by atoms with Crippen LogP contribution in [0.1, 0.15) is 0 Å². The van der Waals surface area contributed by atoms with Crippen molar-refractivity contribution in [2.24, 2.45) is 0 Å². The fourth-order valence-corrected chi connectivity index (χ4v) is 6.93. The van der Waals surface area contributed by atoms with Gasteiger partial charge in [0, 0.05) is 11.1 Å². The molecule has 1 saturated heterocycles. The van der Waals surface area contributed by atoms with Gasteiger partial charge in [0.1, 0.15) is 11.1 Å². The van der Waals surface area contributed by atoms with Crippen LogP contribution in [0.5, 0.6) is 5.75 Å². The van der Waals surface area contributed by atoms with Crippen molar-refractivity contribution in [3.63, 3.8) is 0 Å². The molecule has 2 heteroatoms. The van der Waals surface area contributed by atoms with Crippen LogP contribution in [0.2, 0.25) is 0 Å². The van der Waals surface area contributed by atoms with E-state index in [1.165, 1.54) is 45.0 Å². The smallest absolute Gasteiger partial charge is 0.127 e. The molecule has 0 N–H and O–H groups in total. The molecule has 5 rings (SSSR count). The first-order valence-corrected chi connectivity index (χ1v) is 11.7. The third kappa shape index (κ3) is 2.35. The van der Waals surface area contributed by atoms with E-state index in [4.69, 9.17) is 4.74 Å². The van der Waals surface area contributed by atoms with Gasteiger partial charge >= 0.3 is 0 Å². The zero-order chi connectivity index (χ0) is 17.7. The Morgan fingerprint density at radius 1 is 0.692 bits per heavy atom. The lowest BCUT2D eigenvalue weighted by Gasteiger charge is -2.18. The molecular formula is C24H22OP+. The second kappa shape index (κ2) is 5.83. The van der Waals surface area contributed by atoms with E-state index in [2.05, 4.69) is 79.5 Å². The van der Waals surface area contributed by atoms with E-state index in [1.807, 2.05) is 0 Å². The van der Waals surface area contributed by atoms with Gasteiger partial charge in [0.15, 0.2) is 0 Å². The van der Waals surface area contributed by atoms with Crippen molar-refractivity contribution in [3.8, 4) is 16.9 Å². The SMILES string of the molecule is COc1ccc2ccccc2c1-c1c([P+]2(C)CC2)ccc2ccccc12. The number of hydrogen-bond acceptors (Lipinski definition) is 1. The normalized spacial score (nSPS) is 15.3. The van der Waals surface area contributed by atoms with Crippen molar-refractivity contribution in [2.45, 2.75) is 0 Å². The molecule has 0 radical (unpaired) electrons. The van der Waals surface area contributed by atoms with Crippen LogP contribution >= 0.6 is 7.26 Å². The van der Waals surface area contributed by atoms with Gasteiger partial charge in [-0.05, 0) is 33.7 Å². The van der Waals surface area contributed by atoms with Gasteiger partial charge in [-0.15, -0.1) is 0 Å². The summed E-state index contributed by atoms with van der Waals surface area (Å²) in [5.41, 5.74) is 2.65. The fraction of sp³-hybridized carbons (Fsp3) is 0.167. The summed E-state index contributed by atoms with van der Waals surface area (Å²) in [5.74, 6) is 0.967. The molecular weight excluding hydrogens is 335 g/mol. The predicted molar refractivity (Wildman–Crippen MR) is 116 cm³/mol. The molecule has 26 heavy (non-hydrogen) atoms. The highest BCUT2D eigenvalue weighted by Gasteiger charge is 2.51. The van der Waals surface area contributed by atoms with Gasteiger partial charge in [0.05, 0.1) is 33.4 Å². The summed E-state index contributed by atoms with van der Waals surface area (Å²) in [7, 11) is 0.795. The largest absolute Gasteiger partial charge is 0.496 e. The van der Waals surface area contributed by atoms with E-state index < -0.39 is 7.26 Å². The van der Waals surface area contributed by atoms with E-state index in [0.717, 1.165) is 5.75 Å². The van der Waals surface area contributed by atoms with Crippen LogP contribution in [0.25, 0.3) is 32.7 Å². The zero-order valence-corrected chi connectivity index (χ0v) is 16.1. The van der Waals surface area contributed by atoms with E-state index in [9.17, 15) is 0 Å². The van der Waals surface area contributed by atoms with Gasteiger partial charge in [0.25, 0.3) is 0 Å². The molecule has 1 aliphatic rings. The van der Waals surface area contributed by atoms with Crippen LogP contribution in [-0.2, 0) is 0 Å². The van der Waals surface area contributed by atoms with Crippen LogP contribution in [0.3, 0.4) is 0 Å². The van der Waals surface area contributed by atoms with E-state index in [0.29, 0.717) is 0 Å². The highest BCUT2D eigenvalue weighted by atomic mass is 31.2. The predicted octanol–water partition coefficient (Wildman–Crippen LogP) is 5.95. The Bertz CT molecular complexity index is 1140. The average molecular weight is 357 g/mol. The van der Waals surface area contributed by atoms with E-state index in [-0.39, 0.29) is 0 Å². The third-order valence-electron chi connectivity index (χ3n) is 5.74. The number of fused-ring (bicyclic) bond motifs is 2. The molecule has 128 valence electrons. The lowest BCUT2D eigenvalue weighted by Crippen LogP contribution is -2.08. The minimum absolute atomic E-state index is 0.967. The zero-order valence-electron chi connectivity index (χ0n) is 15.2. The molecule has 4 aromatic carbocycles. The minimum Gasteiger partial charge on any atom is -0.496 e.